The van der Waals surface area contributed by atoms with Gasteiger partial charge >= 0.3 is 0 Å². The van der Waals surface area contributed by atoms with Crippen molar-refractivity contribution < 1.29 is 0 Å². The van der Waals surface area contributed by atoms with Crippen LogP contribution in [0.15, 0.2) is 47.4 Å². The molecule has 2 saturated heterocycles. The van der Waals surface area contributed by atoms with Crippen molar-refractivity contribution in [3.05, 3.63) is 48.0 Å². The minimum atomic E-state index is 0.507. The van der Waals surface area contributed by atoms with Crippen LogP contribution in [0.2, 0.25) is 0 Å². The van der Waals surface area contributed by atoms with Gasteiger partial charge in [0, 0.05) is 75.4 Å². The summed E-state index contributed by atoms with van der Waals surface area (Å²) in [6, 6.07) is 16.4. The zero-order valence-electron chi connectivity index (χ0n) is 20.1. The molecular weight excluding hydrogens is 428 g/mol. The minimum Gasteiger partial charge on any atom is -0.371 e. The lowest BCUT2D eigenvalue weighted by atomic mass is 10.1. The fourth-order valence-corrected chi connectivity index (χ4v) is 6.21. The Labute approximate surface area is 202 Å². The van der Waals surface area contributed by atoms with Crippen LogP contribution in [-0.2, 0) is 13.6 Å². The van der Waals surface area contributed by atoms with Crippen LogP contribution in [0.4, 0.5) is 11.5 Å². The topological polar surface area (TPSA) is 39.6 Å². The van der Waals surface area contributed by atoms with E-state index in [-0.39, 0.29) is 0 Å². The van der Waals surface area contributed by atoms with E-state index in [4.69, 9.17) is 0 Å². The van der Waals surface area contributed by atoms with E-state index in [1.807, 2.05) is 30.7 Å². The van der Waals surface area contributed by atoms with Crippen molar-refractivity contribution in [1.82, 2.24) is 19.0 Å². The summed E-state index contributed by atoms with van der Waals surface area (Å²) in [4.78, 5) is 6.53. The van der Waals surface area contributed by atoms with Crippen LogP contribution >= 0.6 is 11.9 Å². The highest BCUT2D eigenvalue weighted by atomic mass is 32.2. The van der Waals surface area contributed by atoms with Crippen molar-refractivity contribution in [2.24, 2.45) is 7.05 Å². The van der Waals surface area contributed by atoms with E-state index in [9.17, 15) is 0 Å². The lowest BCUT2D eigenvalue weighted by Gasteiger charge is -2.41. The molecule has 2 aliphatic heterocycles. The summed E-state index contributed by atoms with van der Waals surface area (Å²) in [6.45, 7) is 8.99. The first-order chi connectivity index (χ1) is 16.1. The fourth-order valence-electron chi connectivity index (χ4n) is 5.13. The van der Waals surface area contributed by atoms with Gasteiger partial charge < -0.3 is 10.2 Å². The number of hydrogen-bond donors (Lipinski definition) is 1. The quantitative estimate of drug-likeness (QED) is 0.528. The number of piperazine rings is 1. The van der Waals surface area contributed by atoms with Crippen molar-refractivity contribution >= 4 is 34.4 Å². The number of nitrogens with one attached hydrogen (secondary N) is 1. The van der Waals surface area contributed by atoms with Gasteiger partial charge in [0.15, 0.2) is 5.82 Å². The summed E-state index contributed by atoms with van der Waals surface area (Å²) in [5.41, 5.74) is 3.89. The van der Waals surface area contributed by atoms with Gasteiger partial charge in [0.2, 0.25) is 0 Å². The van der Waals surface area contributed by atoms with Gasteiger partial charge in [-0.05, 0) is 67.6 Å². The maximum Gasteiger partial charge on any atom is 0.155 e. The first-order valence-electron chi connectivity index (χ1n) is 12.3. The normalized spacial score (nSPS) is 20.5. The van der Waals surface area contributed by atoms with Crippen LogP contribution in [-0.4, -0.2) is 64.8 Å². The summed E-state index contributed by atoms with van der Waals surface area (Å²) in [6.07, 6.45) is 4.05. The average Bonchev–Trinajstić information content (AvgIpc) is 3.16. The molecule has 176 valence electrons. The van der Waals surface area contributed by atoms with Crippen LogP contribution in [0.3, 0.4) is 0 Å². The van der Waals surface area contributed by atoms with Crippen molar-refractivity contribution in [1.29, 1.82) is 0 Å². The Bertz CT molecular complexity index is 1090. The first kappa shape index (κ1) is 22.6. The molecule has 2 aliphatic rings. The Kier molecular flexibility index (Phi) is 6.81. The number of piperidine rings is 1. The minimum absolute atomic E-state index is 0.507. The van der Waals surface area contributed by atoms with E-state index in [0.29, 0.717) is 6.04 Å². The van der Waals surface area contributed by atoms with Crippen LogP contribution in [0.25, 0.3) is 10.9 Å². The molecule has 0 spiro atoms. The molecule has 1 aromatic heterocycles. The summed E-state index contributed by atoms with van der Waals surface area (Å²) >= 11 is 1.94. The molecule has 0 saturated carbocycles. The SMILES string of the molecule is CNc1nn(C)c2cc(N3CCN(Cc4cccc(SN5CCCCC5)c4)C(C)C3)ccc12. The summed E-state index contributed by atoms with van der Waals surface area (Å²) in [5.74, 6) is 0.943. The molecule has 0 bridgehead atoms. The number of benzene rings is 2. The monoisotopic (exact) mass is 464 g/mol. The predicted molar refractivity (Wildman–Crippen MR) is 140 cm³/mol. The van der Waals surface area contributed by atoms with Gasteiger partial charge in [-0.25, -0.2) is 4.31 Å². The lowest BCUT2D eigenvalue weighted by molar-refractivity contribution is 0.181. The van der Waals surface area contributed by atoms with Crippen LogP contribution in [0.5, 0.6) is 0 Å². The molecule has 5 rings (SSSR count). The Balaban J connectivity index is 1.22. The van der Waals surface area contributed by atoms with Gasteiger partial charge in [0.05, 0.1) is 5.52 Å². The molecule has 3 aromatic rings. The predicted octanol–water partition coefficient (Wildman–Crippen LogP) is 4.82. The second-order valence-electron chi connectivity index (χ2n) is 9.42. The molecule has 0 aliphatic carbocycles. The van der Waals surface area contributed by atoms with E-state index in [1.54, 1.807) is 0 Å². The third kappa shape index (κ3) is 5.00. The number of rotatable bonds is 6. The average molecular weight is 465 g/mol. The molecule has 1 unspecified atom stereocenters. The molecule has 0 amide bonds. The van der Waals surface area contributed by atoms with Crippen molar-refractivity contribution in [3.8, 4) is 0 Å². The summed E-state index contributed by atoms with van der Waals surface area (Å²) in [7, 11) is 3.95. The third-order valence-electron chi connectivity index (χ3n) is 7.04. The zero-order valence-corrected chi connectivity index (χ0v) is 20.9. The smallest absolute Gasteiger partial charge is 0.155 e. The van der Waals surface area contributed by atoms with Crippen LogP contribution in [0, 0.1) is 0 Å². The van der Waals surface area contributed by atoms with Gasteiger partial charge in [0.25, 0.3) is 0 Å². The zero-order chi connectivity index (χ0) is 22.8. The van der Waals surface area contributed by atoms with E-state index in [1.165, 1.54) is 59.4 Å². The molecular formula is C26H36N6S. The van der Waals surface area contributed by atoms with Gasteiger partial charge in [-0.15, -0.1) is 0 Å². The molecule has 3 heterocycles. The fraction of sp³-hybridized carbons (Fsp3) is 0.500. The van der Waals surface area contributed by atoms with E-state index in [0.717, 1.165) is 32.0 Å². The number of hydrogen-bond acceptors (Lipinski definition) is 6. The molecule has 1 atom stereocenters. The van der Waals surface area contributed by atoms with Crippen LogP contribution in [0.1, 0.15) is 31.7 Å². The van der Waals surface area contributed by atoms with E-state index >= 15 is 0 Å². The van der Waals surface area contributed by atoms with E-state index in [2.05, 4.69) is 73.9 Å². The summed E-state index contributed by atoms with van der Waals surface area (Å²) in [5, 5.41) is 8.96. The standard InChI is InChI=1S/C26H36N6S/c1-20-18-31(22-10-11-24-25(17-22)29(3)28-26(24)27-2)15-14-30(20)19-21-8-7-9-23(16-21)33-32-12-5-4-6-13-32/h7-11,16-17,20H,4-6,12-15,18-19H2,1-3H3,(H,27,28). The van der Waals surface area contributed by atoms with Crippen molar-refractivity contribution in [2.45, 2.75) is 43.7 Å². The van der Waals surface area contributed by atoms with Gasteiger partial charge in [-0.2, -0.15) is 5.10 Å². The highest BCUT2D eigenvalue weighted by Crippen LogP contribution is 2.30. The molecule has 0 radical (unpaired) electrons. The molecule has 6 nitrogen and oxygen atoms in total. The van der Waals surface area contributed by atoms with Crippen molar-refractivity contribution in [2.75, 3.05) is 50.0 Å². The molecule has 33 heavy (non-hydrogen) atoms. The molecule has 2 aromatic carbocycles. The first-order valence-corrected chi connectivity index (χ1v) is 13.0. The Hall–Kier alpha value is -2.22. The second kappa shape index (κ2) is 9.95. The molecule has 7 heteroatoms. The molecule has 1 N–H and O–H groups in total. The Morgan fingerprint density at radius 1 is 1.03 bits per heavy atom. The number of aryl methyl sites for hydroxylation is 1. The maximum atomic E-state index is 4.59. The lowest BCUT2D eigenvalue weighted by Crippen LogP contribution is -2.51. The highest BCUT2D eigenvalue weighted by Gasteiger charge is 2.24. The Morgan fingerprint density at radius 3 is 2.67 bits per heavy atom. The second-order valence-corrected chi connectivity index (χ2v) is 10.6. The maximum absolute atomic E-state index is 4.59. The molecule has 2 fully saturated rings. The highest BCUT2D eigenvalue weighted by molar-refractivity contribution is 7.97. The van der Waals surface area contributed by atoms with Crippen molar-refractivity contribution in [3.63, 3.8) is 0 Å². The number of fused-ring (bicyclic) bond motifs is 1. The van der Waals surface area contributed by atoms with Gasteiger partial charge in [0.1, 0.15) is 0 Å². The Morgan fingerprint density at radius 2 is 1.88 bits per heavy atom. The van der Waals surface area contributed by atoms with Crippen LogP contribution < -0.4 is 10.2 Å². The number of aromatic nitrogens is 2. The number of nitrogens with zero attached hydrogens (tertiary/aromatic N) is 5. The largest absolute Gasteiger partial charge is 0.371 e. The van der Waals surface area contributed by atoms with Gasteiger partial charge in [-0.3, -0.25) is 9.58 Å². The third-order valence-corrected chi connectivity index (χ3v) is 8.12. The number of anilines is 2. The van der Waals surface area contributed by atoms with E-state index < -0.39 is 0 Å². The summed E-state index contributed by atoms with van der Waals surface area (Å²) < 4.78 is 4.50. The van der Waals surface area contributed by atoms with Gasteiger partial charge in [-0.1, -0.05) is 18.6 Å².